The maximum absolute atomic E-state index is 13.0. The van der Waals surface area contributed by atoms with Gasteiger partial charge in [-0.3, -0.25) is 9.59 Å². The van der Waals surface area contributed by atoms with Gasteiger partial charge in [-0.1, -0.05) is 24.6 Å². The van der Waals surface area contributed by atoms with Crippen molar-refractivity contribution in [3.8, 4) is 5.75 Å². The Bertz CT molecular complexity index is 994. The van der Waals surface area contributed by atoms with Gasteiger partial charge in [0, 0.05) is 24.8 Å². The molecule has 0 unspecified atom stereocenters. The third-order valence-electron chi connectivity index (χ3n) is 5.24. The van der Waals surface area contributed by atoms with Crippen molar-refractivity contribution in [1.29, 1.82) is 0 Å². The molecule has 1 aliphatic rings. The first kappa shape index (κ1) is 22.8. The number of hydrogen-bond donors (Lipinski definition) is 2. The molecule has 9 heteroatoms. The predicted octanol–water partition coefficient (Wildman–Crippen LogP) is 2.38. The summed E-state index contributed by atoms with van der Waals surface area (Å²) in [5.74, 6) is -0.892. The lowest BCUT2D eigenvalue weighted by Crippen LogP contribution is -2.45. The van der Waals surface area contributed by atoms with Crippen LogP contribution in [0.3, 0.4) is 0 Å². The lowest BCUT2D eigenvalue weighted by atomic mass is 10.0. The number of piperidine rings is 1. The molecule has 1 fully saturated rings. The van der Waals surface area contributed by atoms with E-state index in [2.05, 4.69) is 10.6 Å². The quantitative estimate of drug-likeness (QED) is 0.637. The summed E-state index contributed by atoms with van der Waals surface area (Å²) in [5, 5.41) is 5.11. The minimum absolute atomic E-state index is 0.209. The topological polar surface area (TPSA) is 105 Å². The molecule has 1 saturated heterocycles. The van der Waals surface area contributed by atoms with Gasteiger partial charge in [-0.25, -0.2) is 8.42 Å². The summed E-state index contributed by atoms with van der Waals surface area (Å²) in [7, 11) is -2.05. The molecule has 31 heavy (non-hydrogen) atoms. The molecule has 0 aromatic heterocycles. The van der Waals surface area contributed by atoms with Crippen molar-refractivity contribution >= 4 is 27.5 Å². The minimum Gasteiger partial charge on any atom is -0.497 e. The summed E-state index contributed by atoms with van der Waals surface area (Å²) in [6.45, 7) is 0.661. The normalized spacial score (nSPS) is 17.0. The Kier molecular flexibility index (Phi) is 7.64. The highest BCUT2D eigenvalue weighted by atomic mass is 32.2. The highest BCUT2D eigenvalue weighted by Gasteiger charge is 2.33. The molecule has 0 radical (unpaired) electrons. The fourth-order valence-corrected chi connectivity index (χ4v) is 5.35. The van der Waals surface area contributed by atoms with E-state index < -0.39 is 21.8 Å². The van der Waals surface area contributed by atoms with Gasteiger partial charge in [0.15, 0.2) is 0 Å². The van der Waals surface area contributed by atoms with Crippen LogP contribution in [0.4, 0.5) is 5.69 Å². The zero-order chi connectivity index (χ0) is 22.3. The number of carbonyl (C=O) groups excluding carboxylic acids is 2. The molecule has 0 saturated carbocycles. The van der Waals surface area contributed by atoms with Crippen molar-refractivity contribution < 1.29 is 22.7 Å². The number of hydrogen-bond acceptors (Lipinski definition) is 5. The van der Waals surface area contributed by atoms with Crippen LogP contribution in [0, 0.1) is 0 Å². The summed E-state index contributed by atoms with van der Waals surface area (Å²) in [4.78, 5) is 24.5. The molecule has 1 aliphatic heterocycles. The SMILES string of the molecule is COc1ccc(NC(=O)C(=O)NCC[C@H]2CCCCN2S(=O)(=O)c2ccccc2)cc1. The largest absolute Gasteiger partial charge is 0.497 e. The van der Waals surface area contributed by atoms with Gasteiger partial charge in [0.2, 0.25) is 10.0 Å². The zero-order valence-corrected chi connectivity index (χ0v) is 18.2. The molecule has 2 N–H and O–H groups in total. The first-order valence-electron chi connectivity index (χ1n) is 10.2. The van der Waals surface area contributed by atoms with Gasteiger partial charge < -0.3 is 15.4 Å². The molecule has 0 bridgehead atoms. The number of carbonyl (C=O) groups is 2. The Morgan fingerprint density at radius 3 is 2.42 bits per heavy atom. The van der Waals surface area contributed by atoms with Crippen molar-refractivity contribution in [1.82, 2.24) is 9.62 Å². The number of nitrogens with one attached hydrogen (secondary N) is 2. The van der Waals surface area contributed by atoms with E-state index in [1.807, 2.05) is 0 Å². The van der Waals surface area contributed by atoms with Gasteiger partial charge in [-0.05, 0) is 55.7 Å². The van der Waals surface area contributed by atoms with Crippen molar-refractivity contribution in [2.75, 3.05) is 25.5 Å². The molecule has 0 aliphatic carbocycles. The average Bonchev–Trinajstić information content (AvgIpc) is 2.80. The van der Waals surface area contributed by atoms with E-state index in [1.165, 1.54) is 4.31 Å². The molecule has 1 heterocycles. The second kappa shape index (κ2) is 10.4. The van der Waals surface area contributed by atoms with Crippen molar-refractivity contribution in [3.05, 3.63) is 54.6 Å². The van der Waals surface area contributed by atoms with Gasteiger partial charge >= 0.3 is 11.8 Å². The molecule has 2 amide bonds. The maximum Gasteiger partial charge on any atom is 0.313 e. The second-order valence-corrected chi connectivity index (χ2v) is 9.20. The Morgan fingerprint density at radius 2 is 1.74 bits per heavy atom. The van der Waals surface area contributed by atoms with Gasteiger partial charge in [0.25, 0.3) is 0 Å². The van der Waals surface area contributed by atoms with Crippen LogP contribution in [0.5, 0.6) is 5.75 Å². The van der Waals surface area contributed by atoms with E-state index in [-0.39, 0.29) is 17.5 Å². The van der Waals surface area contributed by atoms with Crippen LogP contribution in [-0.4, -0.2) is 50.8 Å². The number of benzene rings is 2. The molecule has 2 aromatic carbocycles. The van der Waals surface area contributed by atoms with Crippen LogP contribution in [0.15, 0.2) is 59.5 Å². The Morgan fingerprint density at radius 1 is 1.03 bits per heavy atom. The number of amides is 2. The molecular weight excluding hydrogens is 418 g/mol. The Labute approximate surface area is 182 Å². The van der Waals surface area contributed by atoms with E-state index in [9.17, 15) is 18.0 Å². The summed E-state index contributed by atoms with van der Waals surface area (Å²) >= 11 is 0. The van der Waals surface area contributed by atoms with E-state index in [1.54, 1.807) is 61.7 Å². The third-order valence-corrected chi connectivity index (χ3v) is 7.21. The summed E-state index contributed by atoms with van der Waals surface area (Å²) in [6, 6.07) is 14.8. The smallest absolute Gasteiger partial charge is 0.313 e. The van der Waals surface area contributed by atoms with Crippen molar-refractivity contribution in [3.63, 3.8) is 0 Å². The molecule has 166 valence electrons. The van der Waals surface area contributed by atoms with Crippen LogP contribution in [0.1, 0.15) is 25.7 Å². The van der Waals surface area contributed by atoms with Crippen LogP contribution < -0.4 is 15.4 Å². The number of anilines is 1. The van der Waals surface area contributed by atoms with E-state index >= 15 is 0 Å². The van der Waals surface area contributed by atoms with Gasteiger partial charge in [0.1, 0.15) is 5.75 Å². The summed E-state index contributed by atoms with van der Waals surface area (Å²) in [6.07, 6.45) is 2.89. The number of methoxy groups -OCH3 is 1. The van der Waals surface area contributed by atoms with Crippen molar-refractivity contribution in [2.45, 2.75) is 36.6 Å². The van der Waals surface area contributed by atoms with Gasteiger partial charge in [0.05, 0.1) is 12.0 Å². The molecule has 3 rings (SSSR count). The zero-order valence-electron chi connectivity index (χ0n) is 17.4. The van der Waals surface area contributed by atoms with Crippen LogP contribution in [-0.2, 0) is 19.6 Å². The number of rotatable bonds is 7. The molecule has 1 atom stereocenters. The predicted molar refractivity (Wildman–Crippen MR) is 117 cm³/mol. The second-order valence-electron chi connectivity index (χ2n) is 7.31. The molecule has 8 nitrogen and oxygen atoms in total. The fourth-order valence-electron chi connectivity index (χ4n) is 3.60. The maximum atomic E-state index is 13.0. The highest BCUT2D eigenvalue weighted by molar-refractivity contribution is 7.89. The van der Waals surface area contributed by atoms with E-state index in [0.717, 1.165) is 19.3 Å². The fraction of sp³-hybridized carbons (Fsp3) is 0.364. The monoisotopic (exact) mass is 445 g/mol. The number of nitrogens with zero attached hydrogens (tertiary/aromatic N) is 1. The highest BCUT2D eigenvalue weighted by Crippen LogP contribution is 2.26. The number of ether oxygens (including phenoxy) is 1. The van der Waals surface area contributed by atoms with Crippen LogP contribution >= 0.6 is 0 Å². The van der Waals surface area contributed by atoms with Crippen LogP contribution in [0.2, 0.25) is 0 Å². The Balaban J connectivity index is 1.54. The molecule has 2 aromatic rings. The molecular formula is C22H27N3O5S. The lowest BCUT2D eigenvalue weighted by Gasteiger charge is -2.34. The van der Waals surface area contributed by atoms with Crippen molar-refractivity contribution in [2.24, 2.45) is 0 Å². The van der Waals surface area contributed by atoms with Gasteiger partial charge in [-0.15, -0.1) is 0 Å². The standard InChI is InChI=1S/C22H27N3O5S/c1-30-19-12-10-17(11-13-19)24-22(27)21(26)23-15-14-18-7-5-6-16-25(18)31(28,29)20-8-3-2-4-9-20/h2-4,8-13,18H,5-7,14-16H2,1H3,(H,23,26)(H,24,27)/t18-/m1/s1. The minimum atomic E-state index is -3.59. The first-order chi connectivity index (χ1) is 14.9. The third kappa shape index (κ3) is 5.83. The molecule has 0 spiro atoms. The van der Waals surface area contributed by atoms with Crippen LogP contribution in [0.25, 0.3) is 0 Å². The van der Waals surface area contributed by atoms with E-state index in [0.29, 0.717) is 24.4 Å². The summed E-state index contributed by atoms with van der Waals surface area (Å²) in [5.41, 5.74) is 0.480. The first-order valence-corrected chi connectivity index (χ1v) is 11.7. The lowest BCUT2D eigenvalue weighted by molar-refractivity contribution is -0.136. The Hall–Kier alpha value is -2.91. The van der Waals surface area contributed by atoms with E-state index in [4.69, 9.17) is 4.74 Å². The average molecular weight is 446 g/mol. The van der Waals surface area contributed by atoms with Gasteiger partial charge in [-0.2, -0.15) is 4.31 Å². The summed E-state index contributed by atoms with van der Waals surface area (Å²) < 4.78 is 32.6. The number of sulfonamides is 1.